The van der Waals surface area contributed by atoms with Gasteiger partial charge in [-0.25, -0.2) is 13.8 Å². The zero-order chi connectivity index (χ0) is 23.5. The van der Waals surface area contributed by atoms with Crippen molar-refractivity contribution < 1.29 is 18.4 Å². The van der Waals surface area contributed by atoms with Crippen LogP contribution in [0.2, 0.25) is 0 Å². The van der Waals surface area contributed by atoms with Crippen molar-refractivity contribution in [3.63, 3.8) is 0 Å². The van der Waals surface area contributed by atoms with Crippen molar-refractivity contribution in [2.75, 3.05) is 10.2 Å². The summed E-state index contributed by atoms with van der Waals surface area (Å²) < 4.78 is 29.1. The molecule has 1 aromatic heterocycles. The SMILES string of the molecule is CC(=O)N(c1nc2ccccc2n(CC(=O)Nc2c(F)cccc2F)c1=O)C1CCCCC1. The summed E-state index contributed by atoms with van der Waals surface area (Å²) in [5.74, 6) is -2.97. The average molecular weight is 454 g/mol. The monoisotopic (exact) mass is 454 g/mol. The van der Waals surface area contributed by atoms with Gasteiger partial charge in [0, 0.05) is 13.0 Å². The fraction of sp³-hybridized carbons (Fsp3) is 0.333. The van der Waals surface area contributed by atoms with Crippen LogP contribution in [0.3, 0.4) is 0 Å². The molecule has 1 aliphatic carbocycles. The van der Waals surface area contributed by atoms with Crippen LogP contribution in [-0.2, 0) is 16.1 Å². The summed E-state index contributed by atoms with van der Waals surface area (Å²) >= 11 is 0. The molecule has 0 spiro atoms. The molecule has 2 aromatic carbocycles. The van der Waals surface area contributed by atoms with E-state index in [1.807, 2.05) is 0 Å². The Bertz CT molecular complexity index is 1250. The number of amides is 2. The molecule has 0 aliphatic heterocycles. The van der Waals surface area contributed by atoms with Crippen molar-refractivity contribution in [1.82, 2.24) is 9.55 Å². The maximum absolute atomic E-state index is 14.0. The molecule has 1 aliphatic rings. The maximum Gasteiger partial charge on any atom is 0.294 e. The Morgan fingerprint density at radius 1 is 1.06 bits per heavy atom. The largest absolute Gasteiger partial charge is 0.320 e. The molecule has 172 valence electrons. The van der Waals surface area contributed by atoms with E-state index in [0.717, 1.165) is 44.2 Å². The van der Waals surface area contributed by atoms with Gasteiger partial charge in [0.15, 0.2) is 0 Å². The lowest BCUT2D eigenvalue weighted by molar-refractivity contribution is -0.117. The van der Waals surface area contributed by atoms with Crippen LogP contribution in [0.15, 0.2) is 47.3 Å². The first-order valence-electron chi connectivity index (χ1n) is 10.9. The molecule has 3 aromatic rings. The number of aromatic nitrogens is 2. The molecule has 33 heavy (non-hydrogen) atoms. The normalized spacial score (nSPS) is 14.3. The molecule has 1 heterocycles. The van der Waals surface area contributed by atoms with Gasteiger partial charge in [0.05, 0.1) is 11.0 Å². The van der Waals surface area contributed by atoms with E-state index in [2.05, 4.69) is 10.3 Å². The van der Waals surface area contributed by atoms with Crippen LogP contribution in [0.25, 0.3) is 11.0 Å². The van der Waals surface area contributed by atoms with Crippen LogP contribution in [0.5, 0.6) is 0 Å². The Hall–Kier alpha value is -3.62. The summed E-state index contributed by atoms with van der Waals surface area (Å²) in [6, 6.07) is 9.84. The minimum Gasteiger partial charge on any atom is -0.320 e. The fourth-order valence-electron chi connectivity index (χ4n) is 4.35. The number of nitrogens with one attached hydrogen (secondary N) is 1. The third-order valence-electron chi connectivity index (χ3n) is 5.87. The predicted molar refractivity (Wildman–Crippen MR) is 121 cm³/mol. The molecule has 9 heteroatoms. The Kier molecular flexibility index (Phi) is 6.48. The second kappa shape index (κ2) is 9.48. The van der Waals surface area contributed by atoms with Gasteiger partial charge >= 0.3 is 0 Å². The summed E-state index contributed by atoms with van der Waals surface area (Å²) in [6.45, 7) is 0.891. The smallest absolute Gasteiger partial charge is 0.294 e. The highest BCUT2D eigenvalue weighted by molar-refractivity contribution is 5.94. The lowest BCUT2D eigenvalue weighted by Gasteiger charge is -2.32. The van der Waals surface area contributed by atoms with Crippen molar-refractivity contribution in [2.24, 2.45) is 0 Å². The van der Waals surface area contributed by atoms with E-state index < -0.39 is 35.3 Å². The predicted octanol–water partition coefficient (Wildman–Crippen LogP) is 4.00. The third kappa shape index (κ3) is 4.62. The molecule has 0 atom stereocenters. The molecule has 2 amide bonds. The number of halogens is 2. The lowest BCUT2D eigenvalue weighted by atomic mass is 9.94. The summed E-state index contributed by atoms with van der Waals surface area (Å²) in [6.07, 6.45) is 4.51. The third-order valence-corrected chi connectivity index (χ3v) is 5.87. The van der Waals surface area contributed by atoms with Gasteiger partial charge < -0.3 is 5.32 Å². The molecule has 0 bridgehead atoms. The fourth-order valence-corrected chi connectivity index (χ4v) is 4.35. The maximum atomic E-state index is 14.0. The molecule has 1 fully saturated rings. The molecule has 1 N–H and O–H groups in total. The van der Waals surface area contributed by atoms with Crippen molar-refractivity contribution in [3.05, 3.63) is 64.5 Å². The first-order chi connectivity index (χ1) is 15.9. The van der Waals surface area contributed by atoms with E-state index in [4.69, 9.17) is 0 Å². The number of fused-ring (bicyclic) bond motifs is 1. The van der Waals surface area contributed by atoms with Crippen LogP contribution in [0, 0.1) is 11.6 Å². The van der Waals surface area contributed by atoms with E-state index in [1.54, 1.807) is 24.3 Å². The number of para-hydroxylation sites is 3. The van der Waals surface area contributed by atoms with Gasteiger partial charge in [-0.05, 0) is 37.1 Å². The number of carbonyl (C=O) groups is 2. The minimum atomic E-state index is -0.920. The van der Waals surface area contributed by atoms with Crippen LogP contribution in [-0.4, -0.2) is 27.4 Å². The van der Waals surface area contributed by atoms with Crippen molar-refractivity contribution in [1.29, 1.82) is 0 Å². The zero-order valence-corrected chi connectivity index (χ0v) is 18.2. The van der Waals surface area contributed by atoms with Crippen LogP contribution >= 0.6 is 0 Å². The van der Waals surface area contributed by atoms with Crippen LogP contribution in [0.4, 0.5) is 20.3 Å². The number of rotatable bonds is 5. The highest BCUT2D eigenvalue weighted by Gasteiger charge is 2.29. The molecule has 4 rings (SSSR count). The van der Waals surface area contributed by atoms with E-state index in [1.165, 1.54) is 22.5 Å². The first-order valence-corrected chi connectivity index (χ1v) is 10.9. The number of hydrogen-bond acceptors (Lipinski definition) is 4. The second-order valence-electron chi connectivity index (χ2n) is 8.14. The highest BCUT2D eigenvalue weighted by atomic mass is 19.1. The Morgan fingerprint density at radius 3 is 2.39 bits per heavy atom. The van der Waals surface area contributed by atoms with Crippen molar-refractivity contribution in [2.45, 2.75) is 51.6 Å². The number of nitrogens with zero attached hydrogens (tertiary/aromatic N) is 3. The van der Waals surface area contributed by atoms with Gasteiger partial charge in [-0.1, -0.05) is 37.5 Å². The Balaban J connectivity index is 1.76. The average Bonchev–Trinajstić information content (AvgIpc) is 2.79. The molecule has 0 unspecified atom stereocenters. The Morgan fingerprint density at radius 2 is 1.73 bits per heavy atom. The minimum absolute atomic E-state index is 0.0435. The molecule has 1 saturated carbocycles. The zero-order valence-electron chi connectivity index (χ0n) is 18.2. The van der Waals surface area contributed by atoms with Gasteiger partial charge in [-0.3, -0.25) is 23.9 Å². The summed E-state index contributed by atoms with van der Waals surface area (Å²) in [7, 11) is 0. The van der Waals surface area contributed by atoms with Crippen LogP contribution < -0.4 is 15.8 Å². The molecular weight excluding hydrogens is 430 g/mol. The molecule has 7 nitrogen and oxygen atoms in total. The number of carbonyl (C=O) groups excluding carboxylic acids is 2. The van der Waals surface area contributed by atoms with Gasteiger partial charge in [0.25, 0.3) is 5.56 Å². The Labute approximate surface area is 189 Å². The number of benzene rings is 2. The quantitative estimate of drug-likeness (QED) is 0.632. The standard InChI is InChI=1S/C24H24F2N4O3/c1-15(31)30(16-8-3-2-4-9-16)23-24(33)29(20-13-6-5-12-19(20)27-23)14-21(32)28-22-17(25)10-7-11-18(22)26/h5-7,10-13,16H,2-4,8-9,14H2,1H3,(H,28,32). The topological polar surface area (TPSA) is 84.3 Å². The molecular formula is C24H24F2N4O3. The lowest BCUT2D eigenvalue weighted by Crippen LogP contribution is -2.45. The van der Waals surface area contributed by atoms with E-state index in [0.29, 0.717) is 11.0 Å². The van der Waals surface area contributed by atoms with Crippen molar-refractivity contribution >= 4 is 34.4 Å². The van der Waals surface area contributed by atoms with Crippen LogP contribution in [0.1, 0.15) is 39.0 Å². The molecule has 0 radical (unpaired) electrons. The van der Waals surface area contributed by atoms with E-state index in [-0.39, 0.29) is 17.8 Å². The second-order valence-corrected chi connectivity index (χ2v) is 8.14. The number of anilines is 2. The first kappa shape index (κ1) is 22.6. The van der Waals surface area contributed by atoms with Gasteiger partial charge in [-0.15, -0.1) is 0 Å². The van der Waals surface area contributed by atoms with E-state index >= 15 is 0 Å². The van der Waals surface area contributed by atoms with Gasteiger partial charge in [0.2, 0.25) is 17.6 Å². The summed E-state index contributed by atoms with van der Waals surface area (Å²) in [5, 5.41) is 2.20. The van der Waals surface area contributed by atoms with E-state index in [9.17, 15) is 23.2 Å². The summed E-state index contributed by atoms with van der Waals surface area (Å²) in [4.78, 5) is 44.6. The number of hydrogen-bond donors (Lipinski definition) is 1. The van der Waals surface area contributed by atoms with Gasteiger partial charge in [0.1, 0.15) is 23.9 Å². The van der Waals surface area contributed by atoms with Crippen molar-refractivity contribution in [3.8, 4) is 0 Å². The summed E-state index contributed by atoms with van der Waals surface area (Å²) in [5.41, 5.74) is -0.387. The highest BCUT2D eigenvalue weighted by Crippen LogP contribution is 2.26. The molecule has 0 saturated heterocycles. The van der Waals surface area contributed by atoms with Gasteiger partial charge in [-0.2, -0.15) is 0 Å².